The summed E-state index contributed by atoms with van der Waals surface area (Å²) in [5, 5.41) is 4.01. The van der Waals surface area contributed by atoms with Gasteiger partial charge >= 0.3 is 0 Å². The van der Waals surface area contributed by atoms with Crippen molar-refractivity contribution in [2.75, 3.05) is 19.6 Å². The Hall–Kier alpha value is -2.57. The van der Waals surface area contributed by atoms with Crippen LogP contribution in [0.15, 0.2) is 51.5 Å². The molecule has 1 aliphatic rings. The van der Waals surface area contributed by atoms with Crippen LogP contribution in [-0.4, -0.2) is 35.4 Å². The Balaban J connectivity index is 1.56. The van der Waals surface area contributed by atoms with E-state index in [2.05, 4.69) is 10.3 Å². The molecule has 1 N–H and O–H groups in total. The predicted octanol–water partition coefficient (Wildman–Crippen LogP) is 3.61. The smallest absolute Gasteiger partial charge is 0.263 e. The van der Waals surface area contributed by atoms with Gasteiger partial charge in [0.2, 0.25) is 5.91 Å². The molecule has 4 rings (SSSR count). The van der Waals surface area contributed by atoms with Crippen molar-refractivity contribution in [1.82, 2.24) is 15.2 Å². The van der Waals surface area contributed by atoms with E-state index in [4.69, 9.17) is 20.4 Å². The summed E-state index contributed by atoms with van der Waals surface area (Å²) < 4.78 is 11.0. The van der Waals surface area contributed by atoms with E-state index in [0.29, 0.717) is 41.2 Å². The number of aromatic nitrogens is 1. The molecule has 0 radical (unpaired) electrons. The number of aryl methyl sites for hydroxylation is 1. The first-order valence-corrected chi connectivity index (χ1v) is 9.26. The third-order valence-corrected chi connectivity index (χ3v) is 5.12. The Morgan fingerprint density at radius 3 is 2.96 bits per heavy atom. The lowest BCUT2D eigenvalue weighted by Gasteiger charge is -2.37. The molecule has 27 heavy (non-hydrogen) atoms. The molecule has 1 aliphatic heterocycles. The largest absolute Gasteiger partial charge is 0.459 e. The fourth-order valence-electron chi connectivity index (χ4n) is 3.37. The van der Waals surface area contributed by atoms with Crippen LogP contribution < -0.4 is 5.32 Å². The summed E-state index contributed by atoms with van der Waals surface area (Å²) in [6, 6.07) is 11.1. The molecule has 1 aromatic carbocycles. The van der Waals surface area contributed by atoms with Crippen LogP contribution in [0.3, 0.4) is 0 Å². The average Bonchev–Trinajstić information content (AvgIpc) is 3.33. The molecule has 1 atom stereocenters. The maximum atomic E-state index is 13.1. The topological polar surface area (TPSA) is 71.5 Å². The van der Waals surface area contributed by atoms with E-state index in [-0.39, 0.29) is 18.4 Å². The maximum Gasteiger partial charge on any atom is 0.263 e. The standard InChI is InChI=1S/C20H20ClN3O3/c1-13-16(23-20(27-13)18-7-4-10-26-18)11-19(25)24-9-8-22-12-17(24)14-5-2-3-6-15(14)21/h2-7,10,17,22H,8-9,11-12H2,1H3. The number of nitrogens with zero attached hydrogens (tertiary/aromatic N) is 2. The van der Waals surface area contributed by atoms with E-state index in [1.54, 1.807) is 18.4 Å². The van der Waals surface area contributed by atoms with Gasteiger partial charge in [0.1, 0.15) is 5.76 Å². The zero-order chi connectivity index (χ0) is 18.8. The highest BCUT2D eigenvalue weighted by atomic mass is 35.5. The van der Waals surface area contributed by atoms with Crippen LogP contribution in [0, 0.1) is 6.92 Å². The molecule has 0 bridgehead atoms. The number of piperazine rings is 1. The summed E-state index contributed by atoms with van der Waals surface area (Å²) in [7, 11) is 0. The Bertz CT molecular complexity index is 936. The Morgan fingerprint density at radius 2 is 2.19 bits per heavy atom. The van der Waals surface area contributed by atoms with Crippen molar-refractivity contribution in [3.63, 3.8) is 0 Å². The van der Waals surface area contributed by atoms with E-state index in [9.17, 15) is 4.79 Å². The number of hydrogen-bond donors (Lipinski definition) is 1. The number of rotatable bonds is 4. The van der Waals surface area contributed by atoms with Gasteiger partial charge in [-0.2, -0.15) is 0 Å². The quantitative estimate of drug-likeness (QED) is 0.742. The number of halogens is 1. The summed E-state index contributed by atoms with van der Waals surface area (Å²) in [6.45, 7) is 3.86. The second-order valence-corrected chi connectivity index (χ2v) is 6.91. The Kier molecular flexibility index (Phi) is 5.01. The molecule has 3 heterocycles. The number of benzene rings is 1. The number of furan rings is 1. The second kappa shape index (κ2) is 7.58. The molecule has 2 aromatic heterocycles. The molecule has 0 saturated carbocycles. The van der Waals surface area contributed by atoms with Crippen LogP contribution in [-0.2, 0) is 11.2 Å². The van der Waals surface area contributed by atoms with Gasteiger partial charge < -0.3 is 19.1 Å². The number of amides is 1. The first-order valence-electron chi connectivity index (χ1n) is 8.88. The van der Waals surface area contributed by atoms with Crippen LogP contribution >= 0.6 is 11.6 Å². The molecular formula is C20H20ClN3O3. The number of carbonyl (C=O) groups excluding carboxylic acids is 1. The number of carbonyl (C=O) groups is 1. The first-order chi connectivity index (χ1) is 13.1. The van der Waals surface area contributed by atoms with Gasteiger partial charge in [-0.25, -0.2) is 4.98 Å². The molecule has 1 unspecified atom stereocenters. The molecule has 0 aliphatic carbocycles. The molecule has 7 heteroatoms. The van der Waals surface area contributed by atoms with Crippen LogP contribution in [0.5, 0.6) is 0 Å². The van der Waals surface area contributed by atoms with Gasteiger partial charge in [0.15, 0.2) is 5.76 Å². The molecule has 3 aromatic rings. The van der Waals surface area contributed by atoms with Crippen LogP contribution in [0.25, 0.3) is 11.7 Å². The SMILES string of the molecule is Cc1oc(-c2ccco2)nc1CC(=O)N1CCNCC1c1ccccc1Cl. The van der Waals surface area contributed by atoms with Crippen LogP contribution in [0.2, 0.25) is 5.02 Å². The van der Waals surface area contributed by atoms with Crippen LogP contribution in [0.1, 0.15) is 23.1 Å². The summed E-state index contributed by atoms with van der Waals surface area (Å²) in [4.78, 5) is 19.4. The van der Waals surface area contributed by atoms with E-state index in [1.165, 1.54) is 0 Å². The summed E-state index contributed by atoms with van der Waals surface area (Å²) >= 11 is 6.37. The normalized spacial score (nSPS) is 17.3. The minimum atomic E-state index is -0.100. The van der Waals surface area contributed by atoms with Crippen molar-refractivity contribution in [2.24, 2.45) is 0 Å². The van der Waals surface area contributed by atoms with Crippen molar-refractivity contribution >= 4 is 17.5 Å². The molecular weight excluding hydrogens is 366 g/mol. The molecule has 1 saturated heterocycles. The van der Waals surface area contributed by atoms with Crippen molar-refractivity contribution in [2.45, 2.75) is 19.4 Å². The van der Waals surface area contributed by atoms with Gasteiger partial charge in [-0.05, 0) is 30.7 Å². The second-order valence-electron chi connectivity index (χ2n) is 6.50. The van der Waals surface area contributed by atoms with E-state index in [0.717, 1.165) is 12.1 Å². The van der Waals surface area contributed by atoms with Gasteiger partial charge in [0.25, 0.3) is 5.89 Å². The van der Waals surface area contributed by atoms with Gasteiger partial charge in [0.05, 0.1) is 24.4 Å². The lowest BCUT2D eigenvalue weighted by atomic mass is 10.0. The maximum absolute atomic E-state index is 13.1. The van der Waals surface area contributed by atoms with Gasteiger partial charge in [-0.3, -0.25) is 4.79 Å². The average molecular weight is 386 g/mol. The van der Waals surface area contributed by atoms with Gasteiger partial charge in [-0.15, -0.1) is 0 Å². The predicted molar refractivity (Wildman–Crippen MR) is 101 cm³/mol. The third-order valence-electron chi connectivity index (χ3n) is 4.77. The van der Waals surface area contributed by atoms with Gasteiger partial charge in [0, 0.05) is 24.7 Å². The molecule has 0 spiro atoms. The van der Waals surface area contributed by atoms with Gasteiger partial charge in [-0.1, -0.05) is 29.8 Å². The molecule has 1 fully saturated rings. The Labute approximate surface area is 162 Å². The summed E-state index contributed by atoms with van der Waals surface area (Å²) in [5.74, 6) is 1.57. The van der Waals surface area contributed by atoms with E-state index >= 15 is 0 Å². The van der Waals surface area contributed by atoms with Crippen molar-refractivity contribution in [1.29, 1.82) is 0 Å². The highest BCUT2D eigenvalue weighted by Gasteiger charge is 2.30. The van der Waals surface area contributed by atoms with Crippen molar-refractivity contribution in [3.05, 3.63) is 64.7 Å². The molecule has 6 nitrogen and oxygen atoms in total. The molecule has 140 valence electrons. The fraction of sp³-hybridized carbons (Fsp3) is 0.300. The summed E-state index contributed by atoms with van der Waals surface area (Å²) in [5.41, 5.74) is 1.58. The monoisotopic (exact) mass is 385 g/mol. The first kappa shape index (κ1) is 17.8. The van der Waals surface area contributed by atoms with Crippen LogP contribution in [0.4, 0.5) is 0 Å². The van der Waals surface area contributed by atoms with Crippen molar-refractivity contribution in [3.8, 4) is 11.7 Å². The highest BCUT2D eigenvalue weighted by Crippen LogP contribution is 2.29. The number of oxazole rings is 1. The molecule has 1 amide bonds. The number of hydrogen-bond acceptors (Lipinski definition) is 5. The number of nitrogens with one attached hydrogen (secondary N) is 1. The highest BCUT2D eigenvalue weighted by molar-refractivity contribution is 6.31. The third kappa shape index (κ3) is 3.63. The zero-order valence-corrected chi connectivity index (χ0v) is 15.7. The van der Waals surface area contributed by atoms with Crippen molar-refractivity contribution < 1.29 is 13.6 Å². The van der Waals surface area contributed by atoms with E-state index < -0.39 is 0 Å². The lowest BCUT2D eigenvalue weighted by Crippen LogP contribution is -2.49. The lowest BCUT2D eigenvalue weighted by molar-refractivity contribution is -0.133. The fourth-order valence-corrected chi connectivity index (χ4v) is 3.63. The van der Waals surface area contributed by atoms with E-state index in [1.807, 2.05) is 36.1 Å². The Morgan fingerprint density at radius 1 is 1.33 bits per heavy atom. The summed E-state index contributed by atoms with van der Waals surface area (Å²) in [6.07, 6.45) is 1.74. The zero-order valence-electron chi connectivity index (χ0n) is 14.9. The minimum absolute atomic E-state index is 0.00353. The minimum Gasteiger partial charge on any atom is -0.459 e.